The Morgan fingerprint density at radius 3 is 2.70 bits per heavy atom. The molecule has 166 valence electrons. The van der Waals surface area contributed by atoms with E-state index in [0.29, 0.717) is 12.2 Å². The van der Waals surface area contributed by atoms with Crippen molar-refractivity contribution >= 4 is 23.6 Å². The van der Waals surface area contributed by atoms with E-state index >= 15 is 0 Å². The van der Waals surface area contributed by atoms with E-state index in [2.05, 4.69) is 17.3 Å². The van der Waals surface area contributed by atoms with Crippen molar-refractivity contribution in [2.45, 2.75) is 103 Å². The van der Waals surface area contributed by atoms with Gasteiger partial charge in [-0.1, -0.05) is 38.7 Å². The summed E-state index contributed by atoms with van der Waals surface area (Å²) in [5, 5.41) is 9.85. The molecule has 2 unspecified atom stereocenters. The van der Waals surface area contributed by atoms with Crippen LogP contribution in [0.15, 0.2) is 17.6 Å². The number of allylic oxidation sites excluding steroid dienone is 1. The Morgan fingerprint density at radius 2 is 2.07 bits per heavy atom. The minimum Gasteiger partial charge on any atom is -0.352 e. The minimum atomic E-state index is -0.928. The summed E-state index contributed by atoms with van der Waals surface area (Å²) in [5.74, 6) is 0.599. The second-order valence-electron chi connectivity index (χ2n) is 8.84. The number of aromatic nitrogens is 2. The van der Waals surface area contributed by atoms with Crippen LogP contribution < -0.4 is 5.32 Å². The summed E-state index contributed by atoms with van der Waals surface area (Å²) < 4.78 is 1.76. The number of nitrogens with zero attached hydrogens (tertiary/aromatic N) is 3. The number of carbonyl (C=O) groups excluding carboxylic acids is 2. The highest BCUT2D eigenvalue weighted by Gasteiger charge is 2.50. The molecule has 0 aromatic carbocycles. The molecule has 7 heteroatoms. The zero-order valence-corrected chi connectivity index (χ0v) is 19.6. The van der Waals surface area contributed by atoms with Crippen molar-refractivity contribution < 1.29 is 9.59 Å². The molecule has 2 atom stereocenters. The predicted octanol–water partition coefficient (Wildman–Crippen LogP) is 4.50. The Labute approximate surface area is 184 Å². The van der Waals surface area contributed by atoms with Gasteiger partial charge in [0.15, 0.2) is 0 Å². The number of hydrogen-bond acceptors (Lipinski definition) is 4. The topological polar surface area (TPSA) is 67.2 Å². The average molecular weight is 433 g/mol. The van der Waals surface area contributed by atoms with Gasteiger partial charge in [0.1, 0.15) is 11.2 Å². The first-order valence-electron chi connectivity index (χ1n) is 11.3. The fraction of sp³-hybridized carbons (Fsp3) is 0.696. The number of rotatable bonds is 7. The van der Waals surface area contributed by atoms with E-state index in [1.165, 1.54) is 12.8 Å². The van der Waals surface area contributed by atoms with Crippen LogP contribution in [0.2, 0.25) is 0 Å². The Morgan fingerprint density at radius 1 is 1.37 bits per heavy atom. The number of hydrogen-bond donors (Lipinski definition) is 1. The molecule has 2 amide bonds. The first kappa shape index (κ1) is 22.9. The highest BCUT2D eigenvalue weighted by atomic mass is 32.2. The molecule has 0 radical (unpaired) electrons. The van der Waals surface area contributed by atoms with Crippen LogP contribution in [0.1, 0.15) is 88.8 Å². The van der Waals surface area contributed by atoms with Crippen LogP contribution >= 0.6 is 11.8 Å². The lowest BCUT2D eigenvalue weighted by Gasteiger charge is -2.47. The maximum absolute atomic E-state index is 13.7. The Kier molecular flexibility index (Phi) is 7.66. The van der Waals surface area contributed by atoms with Crippen molar-refractivity contribution in [3.8, 4) is 0 Å². The molecule has 2 heterocycles. The predicted molar refractivity (Wildman–Crippen MR) is 122 cm³/mol. The van der Waals surface area contributed by atoms with Gasteiger partial charge in [-0.05, 0) is 51.5 Å². The molecular formula is C23H36N4O2S. The van der Waals surface area contributed by atoms with Gasteiger partial charge in [-0.25, -0.2) is 0 Å². The molecule has 1 aromatic rings. The highest BCUT2D eigenvalue weighted by molar-refractivity contribution is 8.01. The lowest BCUT2D eigenvalue weighted by molar-refractivity contribution is -0.135. The third kappa shape index (κ3) is 4.76. The smallest absolute Gasteiger partial charge is 0.273 e. The number of thioether (sulfide) groups is 1. The van der Waals surface area contributed by atoms with Gasteiger partial charge in [0.2, 0.25) is 5.91 Å². The largest absolute Gasteiger partial charge is 0.352 e. The molecule has 1 aromatic heterocycles. The molecule has 1 aliphatic heterocycles. The van der Waals surface area contributed by atoms with Gasteiger partial charge in [-0.3, -0.25) is 14.3 Å². The Bertz CT molecular complexity index is 782. The quantitative estimate of drug-likeness (QED) is 0.644. The van der Waals surface area contributed by atoms with Crippen LogP contribution in [-0.4, -0.2) is 44.1 Å². The first-order chi connectivity index (χ1) is 14.4. The summed E-state index contributed by atoms with van der Waals surface area (Å²) in [6.45, 7) is 8.38. The van der Waals surface area contributed by atoms with E-state index in [0.717, 1.165) is 43.6 Å². The Hall–Kier alpha value is -1.76. The van der Waals surface area contributed by atoms with Crippen LogP contribution in [0.3, 0.4) is 0 Å². The van der Waals surface area contributed by atoms with E-state index in [4.69, 9.17) is 0 Å². The SMILES string of the molecule is C/C=C\SCc1cc2n(n1)CC(C)(C(=O)NC(C)CC)N(C1CCCCCC1)C2=O. The molecule has 6 nitrogen and oxygen atoms in total. The molecule has 2 aliphatic rings. The van der Waals surface area contributed by atoms with Gasteiger partial charge in [0.05, 0.1) is 12.2 Å². The molecule has 0 bridgehead atoms. The standard InChI is InChI=1S/C23H36N4O2S/c1-5-13-30-15-18-14-20-21(28)27(19-11-9-7-8-10-12-19)23(4,16-26(20)25-18)22(29)24-17(3)6-2/h5,13-14,17,19H,6-12,15-16H2,1-4H3,(H,24,29)/b13-5-. The normalized spacial score (nSPS) is 24.0. The van der Waals surface area contributed by atoms with E-state index < -0.39 is 5.54 Å². The molecule has 1 fully saturated rings. The second kappa shape index (κ2) is 10.0. The lowest BCUT2D eigenvalue weighted by Crippen LogP contribution is -2.67. The van der Waals surface area contributed by atoms with Gasteiger partial charge < -0.3 is 10.2 Å². The lowest BCUT2D eigenvalue weighted by atomic mass is 9.90. The summed E-state index contributed by atoms with van der Waals surface area (Å²) in [5.41, 5.74) is 0.570. The van der Waals surface area contributed by atoms with Gasteiger partial charge in [-0.15, -0.1) is 11.8 Å². The van der Waals surface area contributed by atoms with Gasteiger partial charge in [-0.2, -0.15) is 5.10 Å². The summed E-state index contributed by atoms with van der Waals surface area (Å²) in [7, 11) is 0. The molecule has 3 rings (SSSR count). The number of amides is 2. The third-order valence-electron chi connectivity index (χ3n) is 6.39. The average Bonchev–Trinajstić information content (AvgIpc) is 2.93. The van der Waals surface area contributed by atoms with Crippen molar-refractivity contribution in [3.63, 3.8) is 0 Å². The Balaban J connectivity index is 1.96. The molecule has 30 heavy (non-hydrogen) atoms. The molecule has 0 saturated heterocycles. The maximum atomic E-state index is 13.7. The minimum absolute atomic E-state index is 0.0512. The third-order valence-corrected chi connectivity index (χ3v) is 7.32. The zero-order valence-electron chi connectivity index (χ0n) is 18.8. The van der Waals surface area contributed by atoms with Gasteiger partial charge in [0, 0.05) is 17.8 Å². The van der Waals surface area contributed by atoms with Crippen LogP contribution in [-0.2, 0) is 17.1 Å². The van der Waals surface area contributed by atoms with Crippen molar-refractivity contribution in [2.24, 2.45) is 0 Å². The van der Waals surface area contributed by atoms with Crippen LogP contribution in [0.4, 0.5) is 0 Å². The fourth-order valence-electron chi connectivity index (χ4n) is 4.53. The van der Waals surface area contributed by atoms with Crippen molar-refractivity contribution in [1.29, 1.82) is 0 Å². The van der Waals surface area contributed by atoms with Crippen LogP contribution in [0.5, 0.6) is 0 Å². The van der Waals surface area contributed by atoms with Crippen LogP contribution in [0.25, 0.3) is 0 Å². The summed E-state index contributed by atoms with van der Waals surface area (Å²) >= 11 is 1.66. The zero-order chi connectivity index (χ0) is 21.7. The van der Waals surface area contributed by atoms with E-state index in [1.54, 1.807) is 16.4 Å². The van der Waals surface area contributed by atoms with E-state index in [1.807, 2.05) is 43.2 Å². The van der Waals surface area contributed by atoms with Crippen molar-refractivity contribution in [1.82, 2.24) is 20.0 Å². The second-order valence-corrected chi connectivity index (χ2v) is 9.73. The summed E-state index contributed by atoms with van der Waals surface area (Å²) in [6, 6.07) is 2.10. The number of fused-ring (bicyclic) bond motifs is 1. The van der Waals surface area contributed by atoms with Gasteiger partial charge in [0.25, 0.3) is 5.91 Å². The van der Waals surface area contributed by atoms with Crippen LogP contribution in [0, 0.1) is 0 Å². The van der Waals surface area contributed by atoms with E-state index in [-0.39, 0.29) is 23.9 Å². The molecule has 0 spiro atoms. The first-order valence-corrected chi connectivity index (χ1v) is 12.4. The van der Waals surface area contributed by atoms with Crippen molar-refractivity contribution in [3.05, 3.63) is 28.9 Å². The summed E-state index contributed by atoms with van der Waals surface area (Å²) in [6.07, 6.45) is 9.43. The monoisotopic (exact) mass is 432 g/mol. The molecule has 1 N–H and O–H groups in total. The number of nitrogens with one attached hydrogen (secondary N) is 1. The molecule has 1 aliphatic carbocycles. The highest BCUT2D eigenvalue weighted by Crippen LogP contribution is 2.34. The molecular weight excluding hydrogens is 396 g/mol. The molecule has 1 saturated carbocycles. The number of carbonyl (C=O) groups is 2. The van der Waals surface area contributed by atoms with Gasteiger partial charge >= 0.3 is 0 Å². The van der Waals surface area contributed by atoms with E-state index in [9.17, 15) is 9.59 Å². The summed E-state index contributed by atoms with van der Waals surface area (Å²) in [4.78, 5) is 29.1. The maximum Gasteiger partial charge on any atom is 0.273 e. The van der Waals surface area contributed by atoms with Crippen molar-refractivity contribution in [2.75, 3.05) is 0 Å². The fourth-order valence-corrected chi connectivity index (χ4v) is 5.13.